The Kier molecular flexibility index (Phi) is 6.79. The zero-order valence-electron chi connectivity index (χ0n) is 10.8. The summed E-state index contributed by atoms with van der Waals surface area (Å²) in [7, 11) is 0. The van der Waals surface area contributed by atoms with Crippen LogP contribution < -0.4 is 5.32 Å². The van der Waals surface area contributed by atoms with Gasteiger partial charge in [0.05, 0.1) is 6.61 Å². The van der Waals surface area contributed by atoms with Gasteiger partial charge in [0, 0.05) is 12.8 Å². The van der Waals surface area contributed by atoms with E-state index in [1.165, 1.54) is 0 Å². The van der Waals surface area contributed by atoms with Crippen molar-refractivity contribution in [3.05, 3.63) is 11.8 Å². The molecule has 1 aromatic heterocycles. The van der Waals surface area contributed by atoms with Crippen molar-refractivity contribution in [3.63, 3.8) is 0 Å². The summed E-state index contributed by atoms with van der Waals surface area (Å²) < 4.78 is 45.2. The molecule has 0 unspecified atom stereocenters. The fourth-order valence-electron chi connectivity index (χ4n) is 1.38. The Morgan fingerprint density at radius 2 is 1.89 bits per heavy atom. The van der Waals surface area contributed by atoms with Gasteiger partial charge in [-0.2, -0.15) is 13.2 Å². The van der Waals surface area contributed by atoms with Crippen molar-refractivity contribution < 1.29 is 22.3 Å². The number of aromatic nitrogens is 2. The molecule has 0 atom stereocenters. The van der Waals surface area contributed by atoms with E-state index in [9.17, 15) is 13.2 Å². The lowest BCUT2D eigenvalue weighted by Crippen LogP contribution is -2.18. The van der Waals surface area contributed by atoms with Crippen LogP contribution in [-0.2, 0) is 17.6 Å². The summed E-state index contributed by atoms with van der Waals surface area (Å²) in [6.45, 7) is 2.45. The number of alkyl halides is 3. The fourth-order valence-corrected chi connectivity index (χ4v) is 1.38. The second-order valence-electron chi connectivity index (χ2n) is 3.96. The van der Waals surface area contributed by atoms with E-state index < -0.39 is 12.8 Å². The smallest absolute Gasteiger partial charge is 0.411 e. The second-order valence-corrected chi connectivity index (χ2v) is 3.96. The Bertz CT molecular complexity index is 355. The molecule has 0 saturated heterocycles. The van der Waals surface area contributed by atoms with E-state index in [0.29, 0.717) is 18.2 Å². The van der Waals surface area contributed by atoms with Crippen molar-refractivity contribution in [2.24, 2.45) is 0 Å². The molecule has 1 rings (SSSR count). The van der Waals surface area contributed by atoms with E-state index in [1.54, 1.807) is 0 Å². The third-order valence-corrected chi connectivity index (χ3v) is 2.23. The first-order valence-electron chi connectivity index (χ1n) is 6.17. The first-order chi connectivity index (χ1) is 9.01. The molecule has 0 aromatic carbocycles. The lowest BCUT2D eigenvalue weighted by molar-refractivity contribution is -0.173. The normalized spacial score (nSPS) is 12.0. The summed E-state index contributed by atoms with van der Waals surface area (Å²) >= 11 is 0. The summed E-state index contributed by atoms with van der Waals surface area (Å²) in [4.78, 5) is 0. The van der Waals surface area contributed by atoms with E-state index in [-0.39, 0.29) is 13.0 Å². The molecule has 0 saturated carbocycles. The van der Waals surface area contributed by atoms with E-state index in [0.717, 1.165) is 19.5 Å². The first-order valence-corrected chi connectivity index (χ1v) is 6.17. The first kappa shape index (κ1) is 15.9. The predicted molar refractivity (Wildman–Crippen MR) is 61.7 cm³/mol. The maximum absolute atomic E-state index is 11.8. The number of halogens is 3. The SMILES string of the molecule is CCNCCCc1nnc(CCOCC(F)(F)F)o1. The van der Waals surface area contributed by atoms with Crippen molar-refractivity contribution in [1.29, 1.82) is 0 Å². The molecule has 0 spiro atoms. The highest BCUT2D eigenvalue weighted by atomic mass is 19.4. The Morgan fingerprint density at radius 1 is 1.21 bits per heavy atom. The highest BCUT2D eigenvalue weighted by Gasteiger charge is 2.27. The Morgan fingerprint density at radius 3 is 2.53 bits per heavy atom. The molecule has 0 aliphatic carbocycles. The van der Waals surface area contributed by atoms with Crippen molar-refractivity contribution >= 4 is 0 Å². The number of aryl methyl sites for hydroxylation is 1. The molecule has 5 nitrogen and oxygen atoms in total. The molecule has 1 N–H and O–H groups in total. The quantitative estimate of drug-likeness (QED) is 0.699. The number of nitrogens with one attached hydrogen (secondary N) is 1. The minimum atomic E-state index is -4.30. The molecular formula is C11H18F3N3O2. The Labute approximate surface area is 109 Å². The van der Waals surface area contributed by atoms with Gasteiger partial charge in [-0.05, 0) is 19.5 Å². The summed E-state index contributed by atoms with van der Waals surface area (Å²) in [6, 6.07) is 0. The lowest BCUT2D eigenvalue weighted by Gasteiger charge is -2.05. The van der Waals surface area contributed by atoms with Gasteiger partial charge >= 0.3 is 6.18 Å². The van der Waals surface area contributed by atoms with Gasteiger partial charge < -0.3 is 14.5 Å². The third kappa shape index (κ3) is 7.78. The van der Waals surface area contributed by atoms with Crippen LogP contribution in [0.5, 0.6) is 0 Å². The number of nitrogens with zero attached hydrogens (tertiary/aromatic N) is 2. The van der Waals surface area contributed by atoms with Crippen LogP contribution in [0.1, 0.15) is 25.1 Å². The zero-order valence-corrected chi connectivity index (χ0v) is 10.8. The Balaban J connectivity index is 2.16. The minimum Gasteiger partial charge on any atom is -0.425 e. The summed E-state index contributed by atoms with van der Waals surface area (Å²) in [5.74, 6) is 0.810. The molecule has 110 valence electrons. The standard InChI is InChI=1S/C11H18F3N3O2/c1-2-15-6-3-4-9-16-17-10(19-9)5-7-18-8-11(12,13)14/h15H,2-8H2,1H3. The van der Waals surface area contributed by atoms with E-state index in [1.807, 2.05) is 6.92 Å². The van der Waals surface area contributed by atoms with Crippen molar-refractivity contribution in [2.75, 3.05) is 26.3 Å². The second kappa shape index (κ2) is 8.11. The molecule has 0 aliphatic heterocycles. The number of rotatable bonds is 9. The van der Waals surface area contributed by atoms with Crippen molar-refractivity contribution in [1.82, 2.24) is 15.5 Å². The van der Waals surface area contributed by atoms with Crippen LogP contribution in [0.4, 0.5) is 13.2 Å². The molecule has 0 aliphatic rings. The monoisotopic (exact) mass is 281 g/mol. The molecule has 0 radical (unpaired) electrons. The number of ether oxygens (including phenoxy) is 1. The largest absolute Gasteiger partial charge is 0.425 e. The molecule has 0 fully saturated rings. The Hall–Kier alpha value is -1.15. The summed E-state index contributed by atoms with van der Waals surface area (Å²) in [5, 5.41) is 10.7. The average molecular weight is 281 g/mol. The zero-order chi connectivity index (χ0) is 14.1. The topological polar surface area (TPSA) is 60.2 Å². The van der Waals surface area contributed by atoms with Crippen LogP contribution >= 0.6 is 0 Å². The highest BCUT2D eigenvalue weighted by molar-refractivity contribution is 4.82. The van der Waals surface area contributed by atoms with Gasteiger partial charge in [-0.25, -0.2) is 0 Å². The predicted octanol–water partition coefficient (Wildman–Crippen LogP) is 1.73. The minimum absolute atomic E-state index is 0.0848. The van der Waals surface area contributed by atoms with Gasteiger partial charge in [0.15, 0.2) is 0 Å². The summed E-state index contributed by atoms with van der Waals surface area (Å²) in [5.41, 5.74) is 0. The average Bonchev–Trinajstić information content (AvgIpc) is 2.77. The van der Waals surface area contributed by atoms with Gasteiger partial charge in [0.1, 0.15) is 6.61 Å². The third-order valence-electron chi connectivity index (χ3n) is 2.23. The maximum atomic E-state index is 11.8. The van der Waals surface area contributed by atoms with E-state index >= 15 is 0 Å². The van der Waals surface area contributed by atoms with E-state index in [4.69, 9.17) is 4.42 Å². The van der Waals surface area contributed by atoms with Crippen LogP contribution in [0.2, 0.25) is 0 Å². The molecule has 8 heteroatoms. The van der Waals surface area contributed by atoms with E-state index in [2.05, 4.69) is 20.3 Å². The fraction of sp³-hybridized carbons (Fsp3) is 0.818. The van der Waals surface area contributed by atoms with Gasteiger partial charge in [-0.3, -0.25) is 0 Å². The van der Waals surface area contributed by atoms with Gasteiger partial charge in [-0.15, -0.1) is 10.2 Å². The van der Waals surface area contributed by atoms with Crippen LogP contribution in [0.25, 0.3) is 0 Å². The molecular weight excluding hydrogens is 263 g/mol. The van der Waals surface area contributed by atoms with Gasteiger partial charge in [0.25, 0.3) is 0 Å². The molecule has 1 aromatic rings. The van der Waals surface area contributed by atoms with Gasteiger partial charge in [0.2, 0.25) is 11.8 Å². The molecule has 0 amide bonds. The van der Waals surface area contributed by atoms with Crippen LogP contribution in [-0.4, -0.2) is 42.7 Å². The molecule has 1 heterocycles. The number of hydrogen-bond acceptors (Lipinski definition) is 5. The van der Waals surface area contributed by atoms with Crippen molar-refractivity contribution in [2.45, 2.75) is 32.4 Å². The molecule has 0 bridgehead atoms. The highest BCUT2D eigenvalue weighted by Crippen LogP contribution is 2.14. The maximum Gasteiger partial charge on any atom is 0.411 e. The number of hydrogen-bond donors (Lipinski definition) is 1. The lowest BCUT2D eigenvalue weighted by atomic mass is 10.3. The van der Waals surface area contributed by atoms with Crippen LogP contribution in [0.3, 0.4) is 0 Å². The molecule has 19 heavy (non-hydrogen) atoms. The van der Waals surface area contributed by atoms with Crippen LogP contribution in [0, 0.1) is 0 Å². The van der Waals surface area contributed by atoms with Crippen molar-refractivity contribution in [3.8, 4) is 0 Å². The van der Waals surface area contributed by atoms with Crippen LogP contribution in [0.15, 0.2) is 4.42 Å². The van der Waals surface area contributed by atoms with Gasteiger partial charge in [-0.1, -0.05) is 6.92 Å². The summed E-state index contributed by atoms with van der Waals surface area (Å²) in [6.07, 6.45) is -2.58.